The molecule has 1 amide bonds. The summed E-state index contributed by atoms with van der Waals surface area (Å²) in [6.07, 6.45) is 2.25. The number of amides is 1. The number of carbonyl (C=O) groups is 2. The number of hydrogen-bond acceptors (Lipinski definition) is 4. The van der Waals surface area contributed by atoms with Gasteiger partial charge in [0.2, 0.25) is 5.91 Å². The Morgan fingerprint density at radius 2 is 2.00 bits per heavy atom. The zero-order valence-electron chi connectivity index (χ0n) is 10.8. The average Bonchev–Trinajstić information content (AvgIpc) is 3.06. The molecule has 17 heavy (non-hydrogen) atoms. The van der Waals surface area contributed by atoms with Crippen LogP contribution >= 0.6 is 0 Å². The maximum absolute atomic E-state index is 11.6. The van der Waals surface area contributed by atoms with Crippen molar-refractivity contribution in [3.05, 3.63) is 0 Å². The molecule has 0 aromatic carbocycles. The van der Waals surface area contributed by atoms with Crippen LogP contribution in [-0.4, -0.2) is 31.1 Å². The van der Waals surface area contributed by atoms with Crippen molar-refractivity contribution in [2.45, 2.75) is 39.7 Å². The summed E-state index contributed by atoms with van der Waals surface area (Å²) in [7, 11) is 0. The van der Waals surface area contributed by atoms with Crippen LogP contribution < -0.4 is 11.1 Å². The van der Waals surface area contributed by atoms with Gasteiger partial charge in [-0.15, -0.1) is 0 Å². The molecule has 0 bridgehead atoms. The molecular weight excluding hydrogens is 220 g/mol. The Kier molecular flexibility index (Phi) is 4.51. The van der Waals surface area contributed by atoms with E-state index in [0.29, 0.717) is 12.5 Å². The van der Waals surface area contributed by atoms with Crippen LogP contribution in [0.5, 0.6) is 0 Å². The maximum Gasteiger partial charge on any atom is 0.332 e. The fourth-order valence-corrected chi connectivity index (χ4v) is 1.83. The molecule has 0 heterocycles. The van der Waals surface area contributed by atoms with E-state index in [9.17, 15) is 9.59 Å². The lowest BCUT2D eigenvalue weighted by molar-refractivity contribution is -0.148. The fraction of sp³-hybridized carbons (Fsp3) is 0.833. The summed E-state index contributed by atoms with van der Waals surface area (Å²) in [5.74, 6) is -0.587. The van der Waals surface area contributed by atoms with Crippen molar-refractivity contribution in [1.29, 1.82) is 0 Å². The van der Waals surface area contributed by atoms with Gasteiger partial charge in [-0.25, -0.2) is 4.79 Å². The lowest BCUT2D eigenvalue weighted by atomic mass is 9.92. The van der Waals surface area contributed by atoms with Gasteiger partial charge >= 0.3 is 5.97 Å². The van der Waals surface area contributed by atoms with E-state index in [4.69, 9.17) is 10.5 Å². The van der Waals surface area contributed by atoms with Gasteiger partial charge in [0.15, 0.2) is 6.04 Å². The van der Waals surface area contributed by atoms with Crippen molar-refractivity contribution in [2.24, 2.45) is 17.1 Å². The van der Waals surface area contributed by atoms with Crippen LogP contribution in [0, 0.1) is 11.3 Å². The molecule has 1 atom stereocenters. The van der Waals surface area contributed by atoms with Gasteiger partial charge in [-0.2, -0.15) is 0 Å². The second-order valence-corrected chi connectivity index (χ2v) is 4.96. The Balaban J connectivity index is 2.37. The number of nitrogens with one attached hydrogen (secondary N) is 1. The lowest BCUT2D eigenvalue weighted by Gasteiger charge is -2.21. The first-order valence-electron chi connectivity index (χ1n) is 6.13. The van der Waals surface area contributed by atoms with Crippen molar-refractivity contribution in [1.82, 2.24) is 5.32 Å². The van der Waals surface area contributed by atoms with Crippen LogP contribution in [0.25, 0.3) is 0 Å². The summed E-state index contributed by atoms with van der Waals surface area (Å²) in [6, 6.07) is -1.21. The SMILES string of the molecule is CCOC(=O)C(N)C(=O)NCC1(C(C)C)CC1. The van der Waals surface area contributed by atoms with Crippen LogP contribution in [0.15, 0.2) is 0 Å². The average molecular weight is 242 g/mol. The van der Waals surface area contributed by atoms with E-state index >= 15 is 0 Å². The van der Waals surface area contributed by atoms with Gasteiger partial charge in [-0.05, 0) is 31.1 Å². The molecule has 0 radical (unpaired) electrons. The summed E-state index contributed by atoms with van der Waals surface area (Å²) >= 11 is 0. The van der Waals surface area contributed by atoms with Crippen molar-refractivity contribution >= 4 is 11.9 Å². The number of ether oxygens (including phenoxy) is 1. The molecule has 1 rings (SSSR count). The van der Waals surface area contributed by atoms with Gasteiger partial charge < -0.3 is 15.8 Å². The van der Waals surface area contributed by atoms with Gasteiger partial charge in [-0.3, -0.25) is 4.79 Å². The van der Waals surface area contributed by atoms with Crippen molar-refractivity contribution in [2.75, 3.05) is 13.2 Å². The van der Waals surface area contributed by atoms with Gasteiger partial charge in [0, 0.05) is 6.54 Å². The third-order valence-corrected chi connectivity index (χ3v) is 3.55. The second kappa shape index (κ2) is 5.49. The van der Waals surface area contributed by atoms with Gasteiger partial charge in [0.25, 0.3) is 0 Å². The molecule has 1 unspecified atom stereocenters. The van der Waals surface area contributed by atoms with Crippen LogP contribution in [0.3, 0.4) is 0 Å². The highest BCUT2D eigenvalue weighted by atomic mass is 16.5. The molecule has 5 nitrogen and oxygen atoms in total. The first-order valence-corrected chi connectivity index (χ1v) is 6.13. The molecule has 3 N–H and O–H groups in total. The molecular formula is C12H22N2O3. The molecule has 1 aliphatic rings. The summed E-state index contributed by atoms with van der Waals surface area (Å²) < 4.78 is 4.70. The van der Waals surface area contributed by atoms with Gasteiger partial charge in [-0.1, -0.05) is 13.8 Å². The predicted molar refractivity (Wildman–Crippen MR) is 64.1 cm³/mol. The van der Waals surface area contributed by atoms with E-state index < -0.39 is 17.9 Å². The minimum absolute atomic E-state index is 0.212. The molecule has 1 aliphatic carbocycles. The smallest absolute Gasteiger partial charge is 0.332 e. The van der Waals surface area contributed by atoms with Crippen molar-refractivity contribution in [3.63, 3.8) is 0 Å². The van der Waals surface area contributed by atoms with E-state index in [1.54, 1.807) is 6.92 Å². The largest absolute Gasteiger partial charge is 0.464 e. The highest BCUT2D eigenvalue weighted by Crippen LogP contribution is 2.51. The molecule has 0 aromatic heterocycles. The van der Waals surface area contributed by atoms with Crippen LogP contribution in [0.1, 0.15) is 33.6 Å². The minimum atomic E-state index is -1.21. The van der Waals surface area contributed by atoms with Gasteiger partial charge in [0.1, 0.15) is 0 Å². The second-order valence-electron chi connectivity index (χ2n) is 4.96. The molecule has 0 spiro atoms. The summed E-state index contributed by atoms with van der Waals surface area (Å²) in [4.78, 5) is 22.9. The van der Waals surface area contributed by atoms with E-state index in [1.807, 2.05) is 0 Å². The molecule has 1 saturated carbocycles. The topological polar surface area (TPSA) is 81.4 Å². The van der Waals surface area contributed by atoms with Crippen molar-refractivity contribution in [3.8, 4) is 0 Å². The molecule has 0 saturated heterocycles. The zero-order chi connectivity index (χ0) is 13.1. The number of hydrogen-bond donors (Lipinski definition) is 2. The Morgan fingerprint density at radius 3 is 2.41 bits per heavy atom. The van der Waals surface area contributed by atoms with E-state index in [0.717, 1.165) is 12.8 Å². The molecule has 1 fully saturated rings. The summed E-state index contributed by atoms with van der Waals surface area (Å²) in [5.41, 5.74) is 5.70. The summed E-state index contributed by atoms with van der Waals surface area (Å²) in [6.45, 7) is 6.79. The molecule has 98 valence electrons. The van der Waals surface area contributed by atoms with E-state index in [1.165, 1.54) is 0 Å². The first-order chi connectivity index (χ1) is 7.93. The minimum Gasteiger partial charge on any atom is -0.464 e. The Morgan fingerprint density at radius 1 is 1.41 bits per heavy atom. The summed E-state index contributed by atoms with van der Waals surface area (Å²) in [5, 5.41) is 2.74. The number of esters is 1. The first kappa shape index (κ1) is 14.0. The highest BCUT2D eigenvalue weighted by Gasteiger charge is 2.45. The van der Waals surface area contributed by atoms with E-state index in [2.05, 4.69) is 19.2 Å². The number of carbonyl (C=O) groups excluding carboxylic acids is 2. The van der Waals surface area contributed by atoms with E-state index in [-0.39, 0.29) is 12.0 Å². The Hall–Kier alpha value is -1.10. The van der Waals surface area contributed by atoms with Crippen LogP contribution in [0.2, 0.25) is 0 Å². The molecule has 5 heteroatoms. The predicted octanol–water partition coefficient (Wildman–Crippen LogP) is 0.429. The maximum atomic E-state index is 11.6. The van der Waals surface area contributed by atoms with Crippen LogP contribution in [-0.2, 0) is 14.3 Å². The Labute approximate surface area is 102 Å². The monoisotopic (exact) mass is 242 g/mol. The van der Waals surface area contributed by atoms with Crippen LogP contribution in [0.4, 0.5) is 0 Å². The fourth-order valence-electron chi connectivity index (χ4n) is 1.83. The Bertz CT molecular complexity index is 298. The molecule has 0 aliphatic heterocycles. The standard InChI is InChI=1S/C12H22N2O3/c1-4-17-11(16)9(13)10(15)14-7-12(5-6-12)8(2)3/h8-9H,4-7,13H2,1-3H3,(H,14,15). The third kappa shape index (κ3) is 3.43. The quantitative estimate of drug-likeness (QED) is 0.523. The highest BCUT2D eigenvalue weighted by molar-refractivity contribution is 6.01. The molecule has 0 aromatic rings. The third-order valence-electron chi connectivity index (χ3n) is 3.55. The number of rotatable bonds is 6. The normalized spacial score (nSPS) is 18.6. The lowest BCUT2D eigenvalue weighted by Crippen LogP contribution is -2.48. The van der Waals surface area contributed by atoms with Crippen molar-refractivity contribution < 1.29 is 14.3 Å². The zero-order valence-corrected chi connectivity index (χ0v) is 10.8. The van der Waals surface area contributed by atoms with Gasteiger partial charge in [0.05, 0.1) is 6.61 Å². The number of nitrogens with two attached hydrogens (primary N) is 1.